The molecule has 1 rings (SSSR count). The van der Waals surface area contributed by atoms with Gasteiger partial charge >= 0.3 is 0 Å². The Labute approximate surface area is 90.6 Å². The fourth-order valence-corrected chi connectivity index (χ4v) is 1.20. The van der Waals surface area contributed by atoms with Crippen molar-refractivity contribution in [3.05, 3.63) is 18.2 Å². The van der Waals surface area contributed by atoms with Gasteiger partial charge in [-0.15, -0.1) is 0 Å². The van der Waals surface area contributed by atoms with Crippen molar-refractivity contribution >= 4 is 11.4 Å². The summed E-state index contributed by atoms with van der Waals surface area (Å²) in [6, 6.07) is 5.66. The zero-order valence-electron chi connectivity index (χ0n) is 9.12. The lowest BCUT2D eigenvalue weighted by molar-refractivity contribution is 0.319. The zero-order valence-corrected chi connectivity index (χ0v) is 9.12. The molecule has 4 heteroatoms. The predicted octanol–water partition coefficient (Wildman–Crippen LogP) is 1.43. The lowest BCUT2D eigenvalue weighted by Crippen LogP contribution is -2.13. The fraction of sp³-hybridized carbons (Fsp3) is 0.455. The van der Waals surface area contributed by atoms with Crippen LogP contribution in [0, 0.1) is 0 Å². The molecule has 4 nitrogen and oxygen atoms in total. The molecule has 0 atom stereocenters. The van der Waals surface area contributed by atoms with Gasteiger partial charge in [-0.3, -0.25) is 0 Å². The molecular formula is C11H19N3O. The Hall–Kier alpha value is -1.42. The summed E-state index contributed by atoms with van der Waals surface area (Å²) < 4.78 is 5.51. The first-order chi connectivity index (χ1) is 7.27. The molecule has 0 bridgehead atoms. The van der Waals surface area contributed by atoms with Gasteiger partial charge in [0, 0.05) is 24.8 Å². The second-order valence-corrected chi connectivity index (χ2v) is 3.32. The third kappa shape index (κ3) is 3.67. The summed E-state index contributed by atoms with van der Waals surface area (Å²) in [5.74, 6) is 0.735. The Morgan fingerprint density at radius 2 is 2.20 bits per heavy atom. The van der Waals surface area contributed by atoms with E-state index in [0.29, 0.717) is 18.8 Å². The lowest BCUT2D eigenvalue weighted by atomic mass is 10.2. The maximum Gasteiger partial charge on any atom is 0.144 e. The molecule has 0 saturated heterocycles. The number of ether oxygens (including phenoxy) is 1. The Kier molecular flexibility index (Phi) is 4.77. The highest BCUT2D eigenvalue weighted by Crippen LogP contribution is 2.25. The Balaban J connectivity index is 2.66. The van der Waals surface area contributed by atoms with Crippen molar-refractivity contribution in [1.29, 1.82) is 0 Å². The lowest BCUT2D eigenvalue weighted by Gasteiger charge is -2.11. The van der Waals surface area contributed by atoms with E-state index in [9.17, 15) is 0 Å². The minimum absolute atomic E-state index is 0.607. The number of benzene rings is 1. The van der Waals surface area contributed by atoms with Crippen molar-refractivity contribution in [2.75, 3.05) is 30.7 Å². The summed E-state index contributed by atoms with van der Waals surface area (Å²) >= 11 is 0. The van der Waals surface area contributed by atoms with Crippen molar-refractivity contribution in [2.24, 2.45) is 5.73 Å². The minimum atomic E-state index is 0.607. The van der Waals surface area contributed by atoms with Crippen molar-refractivity contribution in [3.8, 4) is 5.75 Å². The number of anilines is 2. The third-order valence-electron chi connectivity index (χ3n) is 1.95. The van der Waals surface area contributed by atoms with Gasteiger partial charge in [0.05, 0.1) is 12.3 Å². The smallest absolute Gasteiger partial charge is 0.144 e. The zero-order chi connectivity index (χ0) is 11.1. The number of nitrogens with two attached hydrogens (primary N) is 2. The second-order valence-electron chi connectivity index (χ2n) is 3.32. The standard InChI is InChI=1S/C11H19N3O/c1-2-7-15-11-8-9(14-6-5-12)3-4-10(11)13/h3-4,8,14H,2,5-7,12-13H2,1H3. The summed E-state index contributed by atoms with van der Waals surface area (Å²) in [6.45, 7) is 4.10. The quantitative estimate of drug-likeness (QED) is 0.620. The SMILES string of the molecule is CCCOc1cc(NCCN)ccc1N. The largest absolute Gasteiger partial charge is 0.491 e. The van der Waals surface area contributed by atoms with Gasteiger partial charge in [0.25, 0.3) is 0 Å². The fourth-order valence-electron chi connectivity index (χ4n) is 1.20. The van der Waals surface area contributed by atoms with Crippen LogP contribution in [0.25, 0.3) is 0 Å². The maximum absolute atomic E-state index is 5.78. The van der Waals surface area contributed by atoms with Crippen LogP contribution in [0.15, 0.2) is 18.2 Å². The number of nitrogen functional groups attached to an aromatic ring is 1. The van der Waals surface area contributed by atoms with Gasteiger partial charge in [0.1, 0.15) is 5.75 Å². The average Bonchev–Trinajstić information content (AvgIpc) is 2.26. The highest BCUT2D eigenvalue weighted by Gasteiger charge is 2.01. The summed E-state index contributed by atoms with van der Waals surface area (Å²) in [4.78, 5) is 0. The number of rotatable bonds is 6. The van der Waals surface area contributed by atoms with Crippen LogP contribution in [0.5, 0.6) is 5.75 Å². The van der Waals surface area contributed by atoms with Crippen LogP contribution < -0.4 is 21.5 Å². The Bertz CT molecular complexity index is 302. The summed E-state index contributed by atoms with van der Waals surface area (Å²) in [5, 5.41) is 3.18. The van der Waals surface area contributed by atoms with Gasteiger partial charge in [-0.2, -0.15) is 0 Å². The van der Waals surface area contributed by atoms with Gasteiger partial charge in [-0.1, -0.05) is 6.92 Å². The minimum Gasteiger partial charge on any atom is -0.491 e. The van der Waals surface area contributed by atoms with Gasteiger partial charge in [-0.05, 0) is 18.6 Å². The highest BCUT2D eigenvalue weighted by atomic mass is 16.5. The van der Waals surface area contributed by atoms with E-state index in [0.717, 1.165) is 24.4 Å². The molecule has 15 heavy (non-hydrogen) atoms. The molecule has 0 aliphatic carbocycles. The topological polar surface area (TPSA) is 73.3 Å². The number of hydrogen-bond acceptors (Lipinski definition) is 4. The first kappa shape index (κ1) is 11.7. The maximum atomic E-state index is 5.78. The first-order valence-corrected chi connectivity index (χ1v) is 5.24. The van der Waals surface area contributed by atoms with Crippen LogP contribution in [0.1, 0.15) is 13.3 Å². The molecular weight excluding hydrogens is 190 g/mol. The van der Waals surface area contributed by atoms with Crippen LogP contribution >= 0.6 is 0 Å². The number of hydrogen-bond donors (Lipinski definition) is 3. The Morgan fingerprint density at radius 1 is 1.40 bits per heavy atom. The molecule has 0 saturated carbocycles. The Morgan fingerprint density at radius 3 is 2.87 bits per heavy atom. The monoisotopic (exact) mass is 209 g/mol. The van der Waals surface area contributed by atoms with Crippen molar-refractivity contribution in [1.82, 2.24) is 0 Å². The van der Waals surface area contributed by atoms with Crippen LogP contribution in [0.3, 0.4) is 0 Å². The summed E-state index contributed by atoms with van der Waals surface area (Å²) in [6.07, 6.45) is 0.972. The van der Waals surface area contributed by atoms with E-state index in [1.165, 1.54) is 0 Å². The average molecular weight is 209 g/mol. The van der Waals surface area contributed by atoms with Gasteiger partial charge < -0.3 is 21.5 Å². The van der Waals surface area contributed by atoms with Gasteiger partial charge in [0.15, 0.2) is 0 Å². The number of nitrogens with one attached hydrogen (secondary N) is 1. The van der Waals surface area contributed by atoms with Crippen LogP contribution in [0.2, 0.25) is 0 Å². The molecule has 0 radical (unpaired) electrons. The predicted molar refractivity (Wildman–Crippen MR) is 64.2 cm³/mol. The summed E-state index contributed by atoms with van der Waals surface area (Å²) in [5.41, 5.74) is 12.8. The molecule has 0 aliphatic heterocycles. The molecule has 5 N–H and O–H groups in total. The molecule has 0 fully saturated rings. The van der Waals surface area contributed by atoms with Gasteiger partial charge in [-0.25, -0.2) is 0 Å². The summed E-state index contributed by atoms with van der Waals surface area (Å²) in [7, 11) is 0. The van der Waals surface area contributed by atoms with E-state index in [1.807, 2.05) is 18.2 Å². The third-order valence-corrected chi connectivity index (χ3v) is 1.95. The van der Waals surface area contributed by atoms with E-state index in [2.05, 4.69) is 12.2 Å². The van der Waals surface area contributed by atoms with E-state index >= 15 is 0 Å². The molecule has 0 spiro atoms. The molecule has 0 amide bonds. The van der Waals surface area contributed by atoms with Crippen LogP contribution in [-0.4, -0.2) is 19.7 Å². The molecule has 1 aromatic carbocycles. The van der Waals surface area contributed by atoms with E-state index in [4.69, 9.17) is 16.2 Å². The first-order valence-electron chi connectivity index (χ1n) is 5.24. The molecule has 84 valence electrons. The van der Waals surface area contributed by atoms with E-state index in [-0.39, 0.29) is 0 Å². The van der Waals surface area contributed by atoms with E-state index < -0.39 is 0 Å². The molecule has 0 aliphatic rings. The van der Waals surface area contributed by atoms with E-state index in [1.54, 1.807) is 0 Å². The molecule has 1 aromatic rings. The molecule has 0 aromatic heterocycles. The normalized spacial score (nSPS) is 10.0. The van der Waals surface area contributed by atoms with Crippen LogP contribution in [0.4, 0.5) is 11.4 Å². The van der Waals surface area contributed by atoms with Crippen molar-refractivity contribution in [3.63, 3.8) is 0 Å². The second kappa shape index (κ2) is 6.14. The molecule has 0 heterocycles. The van der Waals surface area contributed by atoms with Crippen molar-refractivity contribution < 1.29 is 4.74 Å². The van der Waals surface area contributed by atoms with Crippen LogP contribution in [-0.2, 0) is 0 Å². The van der Waals surface area contributed by atoms with Gasteiger partial charge in [0.2, 0.25) is 0 Å². The molecule has 0 unspecified atom stereocenters. The highest BCUT2D eigenvalue weighted by molar-refractivity contribution is 5.61. The van der Waals surface area contributed by atoms with Crippen molar-refractivity contribution in [2.45, 2.75) is 13.3 Å².